The summed E-state index contributed by atoms with van der Waals surface area (Å²) in [6.45, 7) is 5.56. The summed E-state index contributed by atoms with van der Waals surface area (Å²) < 4.78 is 0. The number of nitrogens with zero attached hydrogens (tertiary/aromatic N) is 1. The SMILES string of the molecule is CC(O)C(C)(C)Nc1cccc(C#N)c1. The van der Waals surface area contributed by atoms with E-state index in [4.69, 9.17) is 5.26 Å². The van der Waals surface area contributed by atoms with Crippen LogP contribution in [0.4, 0.5) is 5.69 Å². The topological polar surface area (TPSA) is 56.0 Å². The van der Waals surface area contributed by atoms with Crippen molar-refractivity contribution in [1.29, 1.82) is 5.26 Å². The monoisotopic (exact) mass is 204 g/mol. The summed E-state index contributed by atoms with van der Waals surface area (Å²) in [4.78, 5) is 0. The van der Waals surface area contributed by atoms with Crippen molar-refractivity contribution in [2.45, 2.75) is 32.4 Å². The lowest BCUT2D eigenvalue weighted by atomic mass is 9.98. The van der Waals surface area contributed by atoms with Gasteiger partial charge in [0.1, 0.15) is 0 Å². The maximum atomic E-state index is 9.54. The van der Waals surface area contributed by atoms with Crippen molar-refractivity contribution in [2.75, 3.05) is 5.32 Å². The molecule has 1 unspecified atom stereocenters. The first-order valence-corrected chi connectivity index (χ1v) is 4.92. The Morgan fingerprint density at radius 3 is 2.67 bits per heavy atom. The highest BCUT2D eigenvalue weighted by Crippen LogP contribution is 2.18. The Morgan fingerprint density at radius 1 is 1.47 bits per heavy atom. The van der Waals surface area contributed by atoms with Crippen molar-refractivity contribution in [3.8, 4) is 6.07 Å². The predicted molar refractivity (Wildman–Crippen MR) is 60.5 cm³/mol. The molecule has 0 radical (unpaired) electrons. The normalized spacial score (nSPS) is 13.0. The molecule has 0 aliphatic heterocycles. The van der Waals surface area contributed by atoms with Gasteiger partial charge in [0.25, 0.3) is 0 Å². The Morgan fingerprint density at radius 2 is 2.13 bits per heavy atom. The van der Waals surface area contributed by atoms with Crippen LogP contribution in [0, 0.1) is 11.3 Å². The summed E-state index contributed by atoms with van der Waals surface area (Å²) in [6.07, 6.45) is -0.469. The zero-order valence-corrected chi connectivity index (χ0v) is 9.28. The Balaban J connectivity index is 2.86. The van der Waals surface area contributed by atoms with Crippen molar-refractivity contribution in [1.82, 2.24) is 0 Å². The number of nitriles is 1. The molecule has 3 nitrogen and oxygen atoms in total. The zero-order chi connectivity index (χ0) is 11.5. The summed E-state index contributed by atoms with van der Waals surface area (Å²) >= 11 is 0. The minimum atomic E-state index is -0.469. The fourth-order valence-electron chi connectivity index (χ4n) is 1.14. The molecular weight excluding hydrogens is 188 g/mol. The lowest BCUT2D eigenvalue weighted by Crippen LogP contribution is -2.41. The second kappa shape index (κ2) is 4.33. The van der Waals surface area contributed by atoms with Gasteiger partial charge in [-0.1, -0.05) is 6.07 Å². The van der Waals surface area contributed by atoms with Gasteiger partial charge in [-0.15, -0.1) is 0 Å². The second-order valence-corrected chi connectivity index (χ2v) is 4.22. The van der Waals surface area contributed by atoms with E-state index in [1.807, 2.05) is 26.0 Å². The van der Waals surface area contributed by atoms with Gasteiger partial charge in [-0.3, -0.25) is 0 Å². The summed E-state index contributed by atoms with van der Waals surface area (Å²) in [5.41, 5.74) is 1.05. The summed E-state index contributed by atoms with van der Waals surface area (Å²) in [6, 6.07) is 9.30. The number of nitrogens with one attached hydrogen (secondary N) is 1. The van der Waals surface area contributed by atoms with Crippen LogP contribution in [0.15, 0.2) is 24.3 Å². The van der Waals surface area contributed by atoms with Gasteiger partial charge in [0, 0.05) is 5.69 Å². The van der Waals surface area contributed by atoms with E-state index in [1.54, 1.807) is 19.1 Å². The van der Waals surface area contributed by atoms with Gasteiger partial charge < -0.3 is 10.4 Å². The third-order valence-electron chi connectivity index (χ3n) is 2.50. The predicted octanol–water partition coefficient (Wildman–Crippen LogP) is 2.13. The molecule has 1 rings (SSSR count). The molecule has 0 saturated carbocycles. The fourth-order valence-corrected chi connectivity index (χ4v) is 1.14. The van der Waals surface area contributed by atoms with Crippen LogP contribution in [0.5, 0.6) is 0 Å². The highest BCUT2D eigenvalue weighted by molar-refractivity contribution is 5.50. The molecule has 0 bridgehead atoms. The number of rotatable bonds is 3. The van der Waals surface area contributed by atoms with Crippen LogP contribution < -0.4 is 5.32 Å². The number of hydrogen-bond donors (Lipinski definition) is 2. The standard InChI is InChI=1S/C12H16N2O/c1-9(15)12(2,3)14-11-6-4-5-10(7-11)8-13/h4-7,9,14-15H,1-3H3. The summed E-state index contributed by atoms with van der Waals surface area (Å²) in [5.74, 6) is 0. The van der Waals surface area contributed by atoms with Crippen LogP contribution in [-0.2, 0) is 0 Å². The molecule has 0 aliphatic rings. The molecule has 0 aliphatic carbocycles. The zero-order valence-electron chi connectivity index (χ0n) is 9.28. The number of aliphatic hydroxyl groups excluding tert-OH is 1. The first-order chi connectivity index (χ1) is 6.95. The van der Waals surface area contributed by atoms with Crippen molar-refractivity contribution in [2.24, 2.45) is 0 Å². The highest BCUT2D eigenvalue weighted by Gasteiger charge is 2.23. The molecule has 15 heavy (non-hydrogen) atoms. The van der Waals surface area contributed by atoms with Crippen molar-refractivity contribution in [3.05, 3.63) is 29.8 Å². The molecule has 3 heteroatoms. The molecule has 0 aromatic heterocycles. The summed E-state index contributed by atoms with van der Waals surface area (Å²) in [5, 5.41) is 21.5. The van der Waals surface area contributed by atoms with Crippen molar-refractivity contribution >= 4 is 5.69 Å². The largest absolute Gasteiger partial charge is 0.391 e. The van der Waals surface area contributed by atoms with Crippen molar-refractivity contribution in [3.63, 3.8) is 0 Å². The Hall–Kier alpha value is -1.53. The van der Waals surface area contributed by atoms with Gasteiger partial charge in [-0.2, -0.15) is 5.26 Å². The molecule has 0 amide bonds. The molecule has 1 aromatic carbocycles. The minimum absolute atomic E-state index is 0.409. The molecule has 0 saturated heterocycles. The van der Waals surface area contributed by atoms with Crippen LogP contribution in [0.3, 0.4) is 0 Å². The maximum Gasteiger partial charge on any atom is 0.0992 e. The van der Waals surface area contributed by atoms with E-state index in [0.29, 0.717) is 5.56 Å². The first-order valence-electron chi connectivity index (χ1n) is 4.92. The molecule has 1 atom stereocenters. The van der Waals surface area contributed by atoms with Gasteiger partial charge in [0.05, 0.1) is 23.3 Å². The van der Waals surface area contributed by atoms with Crippen LogP contribution in [-0.4, -0.2) is 16.7 Å². The molecule has 2 N–H and O–H groups in total. The molecule has 80 valence electrons. The van der Waals surface area contributed by atoms with Crippen molar-refractivity contribution < 1.29 is 5.11 Å². The third-order valence-corrected chi connectivity index (χ3v) is 2.50. The van der Waals surface area contributed by atoms with Crippen LogP contribution >= 0.6 is 0 Å². The van der Waals surface area contributed by atoms with Gasteiger partial charge in [0.15, 0.2) is 0 Å². The second-order valence-electron chi connectivity index (χ2n) is 4.22. The number of hydrogen-bond acceptors (Lipinski definition) is 3. The molecule has 0 heterocycles. The molecular formula is C12H16N2O. The quantitative estimate of drug-likeness (QED) is 0.793. The lowest BCUT2D eigenvalue weighted by Gasteiger charge is -2.30. The molecule has 1 aromatic rings. The smallest absolute Gasteiger partial charge is 0.0992 e. The van der Waals surface area contributed by atoms with E-state index in [9.17, 15) is 5.11 Å². The van der Waals surface area contributed by atoms with Crippen LogP contribution in [0.2, 0.25) is 0 Å². The van der Waals surface area contributed by atoms with E-state index >= 15 is 0 Å². The molecule has 0 spiro atoms. The van der Waals surface area contributed by atoms with E-state index in [-0.39, 0.29) is 0 Å². The maximum absolute atomic E-state index is 9.54. The molecule has 0 fully saturated rings. The minimum Gasteiger partial charge on any atom is -0.391 e. The Labute approximate surface area is 90.4 Å². The summed E-state index contributed by atoms with van der Waals surface area (Å²) in [7, 11) is 0. The van der Waals surface area contributed by atoms with E-state index in [2.05, 4.69) is 11.4 Å². The average molecular weight is 204 g/mol. The third kappa shape index (κ3) is 2.97. The van der Waals surface area contributed by atoms with Gasteiger partial charge in [-0.05, 0) is 39.0 Å². The Kier molecular flexibility index (Phi) is 3.33. The number of anilines is 1. The van der Waals surface area contributed by atoms with Gasteiger partial charge in [0.2, 0.25) is 0 Å². The van der Waals surface area contributed by atoms with E-state index in [1.165, 1.54) is 0 Å². The van der Waals surface area contributed by atoms with Crippen LogP contribution in [0.25, 0.3) is 0 Å². The van der Waals surface area contributed by atoms with Gasteiger partial charge in [-0.25, -0.2) is 0 Å². The number of benzene rings is 1. The Bertz CT molecular complexity index is 377. The average Bonchev–Trinajstić information content (AvgIpc) is 2.17. The number of aliphatic hydroxyl groups is 1. The highest BCUT2D eigenvalue weighted by atomic mass is 16.3. The van der Waals surface area contributed by atoms with Crippen LogP contribution in [0.1, 0.15) is 26.3 Å². The van der Waals surface area contributed by atoms with Gasteiger partial charge >= 0.3 is 0 Å². The lowest BCUT2D eigenvalue weighted by molar-refractivity contribution is 0.133. The van der Waals surface area contributed by atoms with E-state index < -0.39 is 11.6 Å². The fraction of sp³-hybridized carbons (Fsp3) is 0.417. The first kappa shape index (κ1) is 11.5. The van der Waals surface area contributed by atoms with E-state index in [0.717, 1.165) is 5.69 Å².